The first kappa shape index (κ1) is 13.2. The Morgan fingerprint density at radius 3 is 2.16 bits per heavy atom. The van der Waals surface area contributed by atoms with Crippen LogP contribution in [0.5, 0.6) is 0 Å². The number of rotatable bonds is 5. The molecule has 2 unspecified atom stereocenters. The van der Waals surface area contributed by atoms with Gasteiger partial charge in [0, 0.05) is 24.8 Å². The molecule has 0 spiro atoms. The van der Waals surface area contributed by atoms with E-state index in [2.05, 4.69) is 9.97 Å². The summed E-state index contributed by atoms with van der Waals surface area (Å²) >= 11 is 0. The zero-order chi connectivity index (χ0) is 13.7. The fourth-order valence-electron chi connectivity index (χ4n) is 2.15. The molecule has 0 amide bonds. The number of hydrogen-bond acceptors (Lipinski definition) is 3. The molecule has 0 aliphatic rings. The van der Waals surface area contributed by atoms with Crippen molar-refractivity contribution in [3.63, 3.8) is 0 Å². The van der Waals surface area contributed by atoms with Crippen molar-refractivity contribution in [1.82, 2.24) is 9.97 Å². The predicted molar refractivity (Wildman–Crippen MR) is 71.7 cm³/mol. The lowest BCUT2D eigenvalue weighted by Crippen LogP contribution is -2.22. The van der Waals surface area contributed by atoms with Gasteiger partial charge in [-0.15, -0.1) is 0 Å². The third kappa shape index (κ3) is 3.37. The molecule has 2 aromatic heterocycles. The molecular weight excluding hydrogens is 240 g/mol. The molecule has 2 atom stereocenters. The Morgan fingerprint density at radius 1 is 1.11 bits per heavy atom. The van der Waals surface area contributed by atoms with Gasteiger partial charge in [0.1, 0.15) is 0 Å². The zero-order valence-electron chi connectivity index (χ0n) is 10.7. The molecule has 0 bridgehead atoms. The molecule has 0 saturated carbocycles. The molecule has 2 rings (SSSR count). The van der Waals surface area contributed by atoms with Crippen LogP contribution in [0, 0.1) is 5.92 Å². The lowest BCUT2D eigenvalue weighted by atomic mass is 9.84. The van der Waals surface area contributed by atoms with E-state index in [1.165, 1.54) is 0 Å². The summed E-state index contributed by atoms with van der Waals surface area (Å²) in [4.78, 5) is 19.4. The van der Waals surface area contributed by atoms with Gasteiger partial charge in [-0.25, -0.2) is 0 Å². The molecule has 0 radical (unpaired) electrons. The van der Waals surface area contributed by atoms with Gasteiger partial charge in [-0.2, -0.15) is 0 Å². The van der Waals surface area contributed by atoms with E-state index in [0.717, 1.165) is 11.1 Å². The van der Waals surface area contributed by atoms with Crippen LogP contribution in [0.4, 0.5) is 0 Å². The maximum atomic E-state index is 11.5. The van der Waals surface area contributed by atoms with Gasteiger partial charge in [0.15, 0.2) is 0 Å². The smallest absolute Gasteiger partial charge is 0.307 e. The van der Waals surface area contributed by atoms with Gasteiger partial charge < -0.3 is 5.11 Å². The number of carbonyl (C=O) groups is 1. The molecule has 0 fully saturated rings. The Morgan fingerprint density at radius 2 is 1.63 bits per heavy atom. The summed E-state index contributed by atoms with van der Waals surface area (Å²) in [5, 5.41) is 9.44. The monoisotopic (exact) mass is 256 g/mol. The van der Waals surface area contributed by atoms with Crippen LogP contribution in [0.3, 0.4) is 0 Å². The van der Waals surface area contributed by atoms with E-state index < -0.39 is 11.9 Å². The molecule has 98 valence electrons. The molecule has 0 aliphatic heterocycles. The summed E-state index contributed by atoms with van der Waals surface area (Å²) in [5.41, 5.74) is 1.99. The first-order valence-corrected chi connectivity index (χ1v) is 6.20. The Kier molecular flexibility index (Phi) is 4.23. The van der Waals surface area contributed by atoms with E-state index in [-0.39, 0.29) is 5.92 Å². The van der Waals surface area contributed by atoms with Crippen LogP contribution in [0.2, 0.25) is 0 Å². The molecule has 0 aliphatic carbocycles. The number of aromatic nitrogens is 2. The van der Waals surface area contributed by atoms with E-state index >= 15 is 0 Å². The Bertz CT molecular complexity index is 528. The maximum Gasteiger partial charge on any atom is 0.307 e. The van der Waals surface area contributed by atoms with Gasteiger partial charge in [0.25, 0.3) is 0 Å². The van der Waals surface area contributed by atoms with Gasteiger partial charge in [-0.05, 0) is 47.7 Å². The molecule has 1 N–H and O–H groups in total. The van der Waals surface area contributed by atoms with Gasteiger partial charge in [0.05, 0.1) is 5.92 Å². The van der Waals surface area contributed by atoms with Crippen molar-refractivity contribution in [1.29, 1.82) is 0 Å². The average Bonchev–Trinajstić information content (AvgIpc) is 2.46. The number of nitrogens with zero attached hydrogens (tertiary/aromatic N) is 2. The number of aliphatic carboxylic acids is 1. The summed E-state index contributed by atoms with van der Waals surface area (Å²) < 4.78 is 0. The summed E-state index contributed by atoms with van der Waals surface area (Å²) in [6.45, 7) is 1.94. The molecule has 4 heteroatoms. The molecule has 2 heterocycles. The molecule has 0 saturated heterocycles. The van der Waals surface area contributed by atoms with E-state index in [0.29, 0.717) is 6.42 Å². The van der Waals surface area contributed by atoms with Crippen LogP contribution >= 0.6 is 0 Å². The van der Waals surface area contributed by atoms with E-state index in [1.807, 2.05) is 31.2 Å². The first-order chi connectivity index (χ1) is 9.18. The van der Waals surface area contributed by atoms with Crippen molar-refractivity contribution in [3.05, 3.63) is 60.2 Å². The molecule has 2 aromatic rings. The van der Waals surface area contributed by atoms with Crippen molar-refractivity contribution in [3.8, 4) is 0 Å². The number of carboxylic acid groups (broad SMARTS) is 1. The summed E-state index contributed by atoms with van der Waals surface area (Å²) in [6, 6.07) is 7.45. The zero-order valence-corrected chi connectivity index (χ0v) is 10.7. The fourth-order valence-corrected chi connectivity index (χ4v) is 2.15. The van der Waals surface area contributed by atoms with Crippen LogP contribution in [0.15, 0.2) is 49.1 Å². The van der Waals surface area contributed by atoms with Crippen LogP contribution in [-0.4, -0.2) is 21.0 Å². The highest BCUT2D eigenvalue weighted by Crippen LogP contribution is 2.27. The molecule has 4 nitrogen and oxygen atoms in total. The molecule has 19 heavy (non-hydrogen) atoms. The minimum Gasteiger partial charge on any atom is -0.481 e. The lowest BCUT2D eigenvalue weighted by molar-refractivity contribution is -0.142. The topological polar surface area (TPSA) is 63.1 Å². The third-order valence-electron chi connectivity index (χ3n) is 3.36. The molecular formula is C15H16N2O2. The van der Waals surface area contributed by atoms with Crippen LogP contribution in [0.1, 0.15) is 24.0 Å². The summed E-state index contributed by atoms with van der Waals surface area (Å²) in [7, 11) is 0. The quantitative estimate of drug-likeness (QED) is 0.892. The Balaban J connectivity index is 2.19. The minimum atomic E-state index is -0.777. The van der Waals surface area contributed by atoms with Crippen molar-refractivity contribution in [2.75, 3.05) is 0 Å². The lowest BCUT2D eigenvalue weighted by Gasteiger charge is -2.20. The second-order valence-electron chi connectivity index (χ2n) is 4.57. The summed E-state index contributed by atoms with van der Waals surface area (Å²) in [6.07, 6.45) is 7.26. The van der Waals surface area contributed by atoms with Gasteiger partial charge in [0.2, 0.25) is 0 Å². The SMILES string of the molecule is CC(c1ccncc1)C(Cc1ccncc1)C(=O)O. The standard InChI is InChI=1S/C15H16N2O2/c1-11(13-4-8-17-9-5-13)14(15(18)19)10-12-2-6-16-7-3-12/h2-9,11,14H,10H2,1H3,(H,18,19). The van der Waals surface area contributed by atoms with E-state index in [1.54, 1.807) is 24.8 Å². The number of pyridine rings is 2. The first-order valence-electron chi connectivity index (χ1n) is 6.20. The van der Waals surface area contributed by atoms with Crippen molar-refractivity contribution in [2.24, 2.45) is 5.92 Å². The highest BCUT2D eigenvalue weighted by molar-refractivity contribution is 5.71. The number of hydrogen-bond donors (Lipinski definition) is 1. The summed E-state index contributed by atoms with van der Waals surface area (Å²) in [5.74, 6) is -1.29. The fraction of sp³-hybridized carbons (Fsp3) is 0.267. The van der Waals surface area contributed by atoms with Crippen LogP contribution in [-0.2, 0) is 11.2 Å². The van der Waals surface area contributed by atoms with Crippen LogP contribution in [0.25, 0.3) is 0 Å². The van der Waals surface area contributed by atoms with Gasteiger partial charge >= 0.3 is 5.97 Å². The normalized spacial score (nSPS) is 13.7. The maximum absolute atomic E-state index is 11.5. The third-order valence-corrected chi connectivity index (χ3v) is 3.36. The second kappa shape index (κ2) is 6.09. The van der Waals surface area contributed by atoms with Gasteiger partial charge in [-0.1, -0.05) is 6.92 Å². The van der Waals surface area contributed by atoms with Crippen molar-refractivity contribution in [2.45, 2.75) is 19.3 Å². The Hall–Kier alpha value is -2.23. The number of carboxylic acids is 1. The predicted octanol–water partition coefficient (Wildman–Crippen LogP) is 2.52. The van der Waals surface area contributed by atoms with E-state index in [4.69, 9.17) is 0 Å². The van der Waals surface area contributed by atoms with Crippen molar-refractivity contribution < 1.29 is 9.90 Å². The Labute approximate surface area is 112 Å². The molecule has 0 aromatic carbocycles. The minimum absolute atomic E-state index is 0.0614. The van der Waals surface area contributed by atoms with E-state index in [9.17, 15) is 9.90 Å². The second-order valence-corrected chi connectivity index (χ2v) is 4.57. The van der Waals surface area contributed by atoms with Crippen molar-refractivity contribution >= 4 is 5.97 Å². The average molecular weight is 256 g/mol. The van der Waals surface area contributed by atoms with Gasteiger partial charge in [-0.3, -0.25) is 14.8 Å². The highest BCUT2D eigenvalue weighted by atomic mass is 16.4. The highest BCUT2D eigenvalue weighted by Gasteiger charge is 2.26. The largest absolute Gasteiger partial charge is 0.481 e. The van der Waals surface area contributed by atoms with Crippen LogP contribution < -0.4 is 0 Å².